The van der Waals surface area contributed by atoms with Crippen molar-refractivity contribution in [1.29, 1.82) is 0 Å². The molecular formula is C26H36N2O2. The highest BCUT2D eigenvalue weighted by atomic mass is 16.5. The summed E-state index contributed by atoms with van der Waals surface area (Å²) in [5.41, 5.74) is 3.34. The second-order valence-corrected chi connectivity index (χ2v) is 9.19. The zero-order valence-electron chi connectivity index (χ0n) is 18.9. The maximum Gasteiger partial charge on any atom is 0.255 e. The minimum atomic E-state index is -0.0720. The molecule has 1 atom stereocenters. The smallest absolute Gasteiger partial charge is 0.255 e. The molecule has 2 aromatic rings. The summed E-state index contributed by atoms with van der Waals surface area (Å²) in [6.07, 6.45) is 3.36. The molecule has 1 N–H and O–H groups in total. The van der Waals surface area contributed by atoms with E-state index in [0.29, 0.717) is 24.5 Å². The zero-order chi connectivity index (χ0) is 21.6. The first-order valence-corrected chi connectivity index (χ1v) is 11.2. The van der Waals surface area contributed by atoms with Crippen LogP contribution in [0.2, 0.25) is 0 Å². The first kappa shape index (κ1) is 22.4. The van der Waals surface area contributed by atoms with E-state index < -0.39 is 0 Å². The Morgan fingerprint density at radius 3 is 2.37 bits per heavy atom. The Balaban J connectivity index is 1.74. The van der Waals surface area contributed by atoms with Crippen LogP contribution >= 0.6 is 0 Å². The lowest BCUT2D eigenvalue weighted by atomic mass is 9.86. The van der Waals surface area contributed by atoms with Gasteiger partial charge in [0.1, 0.15) is 5.75 Å². The van der Waals surface area contributed by atoms with Crippen molar-refractivity contribution in [2.75, 3.05) is 26.2 Å². The number of ether oxygens (including phenoxy) is 1. The maximum absolute atomic E-state index is 13.0. The van der Waals surface area contributed by atoms with Crippen LogP contribution in [0.15, 0.2) is 48.5 Å². The average Bonchev–Trinajstić information content (AvgIpc) is 3.27. The predicted octanol–water partition coefficient (Wildman–Crippen LogP) is 5.34. The van der Waals surface area contributed by atoms with Crippen molar-refractivity contribution in [3.05, 3.63) is 65.2 Å². The number of hydrogen-bond acceptors (Lipinski definition) is 3. The quantitative estimate of drug-likeness (QED) is 0.641. The Morgan fingerprint density at radius 2 is 1.73 bits per heavy atom. The van der Waals surface area contributed by atoms with Crippen LogP contribution in [0.4, 0.5) is 0 Å². The molecule has 2 aromatic carbocycles. The Labute approximate surface area is 181 Å². The molecule has 0 unspecified atom stereocenters. The van der Waals surface area contributed by atoms with Gasteiger partial charge in [-0.25, -0.2) is 0 Å². The van der Waals surface area contributed by atoms with Crippen LogP contribution < -0.4 is 10.1 Å². The first-order valence-electron chi connectivity index (χ1n) is 11.2. The summed E-state index contributed by atoms with van der Waals surface area (Å²) in [5.74, 6) is 0.585. The van der Waals surface area contributed by atoms with Crippen LogP contribution in [0, 0.1) is 0 Å². The minimum Gasteiger partial charge on any atom is -0.493 e. The molecule has 1 amide bonds. The molecule has 0 spiro atoms. The number of hydrogen-bond donors (Lipinski definition) is 1. The summed E-state index contributed by atoms with van der Waals surface area (Å²) >= 11 is 0. The predicted molar refractivity (Wildman–Crippen MR) is 123 cm³/mol. The Morgan fingerprint density at radius 1 is 1.07 bits per heavy atom. The van der Waals surface area contributed by atoms with E-state index in [2.05, 4.69) is 62.2 Å². The van der Waals surface area contributed by atoms with Gasteiger partial charge in [0, 0.05) is 6.54 Å². The molecule has 1 saturated heterocycles. The molecule has 0 aromatic heterocycles. The van der Waals surface area contributed by atoms with E-state index >= 15 is 0 Å². The molecule has 1 heterocycles. The number of carbonyl (C=O) groups is 1. The summed E-state index contributed by atoms with van der Waals surface area (Å²) < 4.78 is 5.77. The number of carbonyl (C=O) groups excluding carboxylic acids is 1. The molecule has 1 aliphatic heterocycles. The molecule has 4 nitrogen and oxygen atoms in total. The van der Waals surface area contributed by atoms with E-state index in [4.69, 9.17) is 4.74 Å². The summed E-state index contributed by atoms with van der Waals surface area (Å²) in [4.78, 5) is 15.4. The van der Waals surface area contributed by atoms with Crippen LogP contribution in [0.5, 0.6) is 5.75 Å². The topological polar surface area (TPSA) is 41.6 Å². The maximum atomic E-state index is 13.0. The van der Waals surface area contributed by atoms with Crippen molar-refractivity contribution in [3.63, 3.8) is 0 Å². The number of likely N-dealkylation sites (tertiary alicyclic amines) is 1. The third-order valence-corrected chi connectivity index (χ3v) is 5.79. The van der Waals surface area contributed by atoms with Gasteiger partial charge in [0.15, 0.2) is 0 Å². The van der Waals surface area contributed by atoms with E-state index in [1.165, 1.54) is 24.0 Å². The van der Waals surface area contributed by atoms with Crippen molar-refractivity contribution in [3.8, 4) is 5.75 Å². The molecule has 1 fully saturated rings. The number of nitrogens with zero attached hydrogens (tertiary/aromatic N) is 1. The number of amides is 1. The standard InChI is InChI=1S/C26H36N2O2/c1-5-18-30-24-11-7-6-10-22(24)25(29)27-19-23(28-16-8-9-17-28)20-12-14-21(15-13-20)26(2,3)4/h6-7,10-15,23H,5,8-9,16-19H2,1-4H3,(H,27,29)/t23-/m1/s1. The molecule has 0 saturated carbocycles. The molecule has 162 valence electrons. The van der Waals surface area contributed by atoms with E-state index in [9.17, 15) is 4.79 Å². The number of rotatable bonds is 8. The van der Waals surface area contributed by atoms with E-state index in [0.717, 1.165) is 19.5 Å². The molecule has 0 radical (unpaired) electrons. The van der Waals surface area contributed by atoms with Crippen molar-refractivity contribution < 1.29 is 9.53 Å². The molecule has 1 aliphatic rings. The fourth-order valence-corrected chi connectivity index (χ4v) is 3.99. The highest BCUT2D eigenvalue weighted by Crippen LogP contribution is 2.28. The fraction of sp³-hybridized carbons (Fsp3) is 0.500. The molecule has 4 heteroatoms. The lowest BCUT2D eigenvalue weighted by molar-refractivity contribution is 0.0934. The summed E-state index contributed by atoms with van der Waals surface area (Å²) in [6.45, 7) is 12.1. The van der Waals surface area contributed by atoms with Crippen molar-refractivity contribution >= 4 is 5.91 Å². The van der Waals surface area contributed by atoms with Crippen molar-refractivity contribution in [2.45, 2.75) is 58.4 Å². The minimum absolute atomic E-state index is 0.0720. The zero-order valence-corrected chi connectivity index (χ0v) is 18.9. The lowest BCUT2D eigenvalue weighted by Crippen LogP contribution is -2.37. The summed E-state index contributed by atoms with van der Waals surface area (Å²) in [6, 6.07) is 16.6. The molecule has 0 bridgehead atoms. The number of benzene rings is 2. The first-order chi connectivity index (χ1) is 14.4. The second-order valence-electron chi connectivity index (χ2n) is 9.19. The van der Waals surface area contributed by atoms with Gasteiger partial charge >= 0.3 is 0 Å². The Kier molecular flexibility index (Phi) is 7.54. The SMILES string of the molecule is CCCOc1ccccc1C(=O)NC[C@H](c1ccc(C(C)(C)C)cc1)N1CCCC1. The molecule has 0 aliphatic carbocycles. The van der Waals surface area contributed by atoms with Crippen molar-refractivity contribution in [1.82, 2.24) is 10.2 Å². The summed E-state index contributed by atoms with van der Waals surface area (Å²) in [5, 5.41) is 3.18. The van der Waals surface area contributed by atoms with Crippen LogP contribution in [0.1, 0.15) is 74.5 Å². The van der Waals surface area contributed by atoms with Crippen LogP contribution in [-0.2, 0) is 5.41 Å². The molecule has 30 heavy (non-hydrogen) atoms. The molecular weight excluding hydrogens is 372 g/mol. The van der Waals surface area contributed by atoms with Gasteiger partial charge in [-0.3, -0.25) is 9.69 Å². The van der Waals surface area contributed by atoms with Crippen molar-refractivity contribution in [2.24, 2.45) is 0 Å². The average molecular weight is 409 g/mol. The number of nitrogens with one attached hydrogen (secondary N) is 1. The normalized spacial score (nSPS) is 15.7. The van der Waals surface area contributed by atoms with E-state index in [1.54, 1.807) is 0 Å². The van der Waals surface area contributed by atoms with Crippen LogP contribution in [0.25, 0.3) is 0 Å². The summed E-state index contributed by atoms with van der Waals surface area (Å²) in [7, 11) is 0. The van der Waals surface area contributed by atoms with Gasteiger partial charge in [-0.05, 0) is 61.0 Å². The largest absolute Gasteiger partial charge is 0.493 e. The van der Waals surface area contributed by atoms with Gasteiger partial charge in [0.25, 0.3) is 5.91 Å². The monoisotopic (exact) mass is 408 g/mol. The number of para-hydroxylation sites is 1. The van der Waals surface area contributed by atoms with E-state index in [1.807, 2.05) is 24.3 Å². The van der Waals surface area contributed by atoms with Gasteiger partial charge in [0.05, 0.1) is 18.2 Å². The van der Waals surface area contributed by atoms with Gasteiger partial charge in [-0.15, -0.1) is 0 Å². The second kappa shape index (κ2) is 10.1. The van der Waals surface area contributed by atoms with Gasteiger partial charge in [-0.1, -0.05) is 64.1 Å². The Bertz CT molecular complexity index is 818. The van der Waals surface area contributed by atoms with Gasteiger partial charge in [-0.2, -0.15) is 0 Å². The third-order valence-electron chi connectivity index (χ3n) is 5.79. The van der Waals surface area contributed by atoms with Crippen LogP contribution in [-0.4, -0.2) is 37.0 Å². The van der Waals surface area contributed by atoms with E-state index in [-0.39, 0.29) is 17.4 Å². The van der Waals surface area contributed by atoms with Crippen LogP contribution in [0.3, 0.4) is 0 Å². The molecule has 3 rings (SSSR count). The third kappa shape index (κ3) is 5.63. The fourth-order valence-electron chi connectivity index (χ4n) is 3.99. The lowest BCUT2D eigenvalue weighted by Gasteiger charge is -2.29. The van der Waals surface area contributed by atoms with Gasteiger partial charge in [0.2, 0.25) is 0 Å². The van der Waals surface area contributed by atoms with Gasteiger partial charge < -0.3 is 10.1 Å². The highest BCUT2D eigenvalue weighted by molar-refractivity contribution is 5.96. The Hall–Kier alpha value is -2.33. The highest BCUT2D eigenvalue weighted by Gasteiger charge is 2.25.